The molecule has 1 heterocycles. The second kappa shape index (κ2) is 6.43. The van der Waals surface area contributed by atoms with Crippen LogP contribution in [-0.2, 0) is 0 Å². The fraction of sp³-hybridized carbons (Fsp3) is 0.375. The number of hydrogen-bond donors (Lipinski definition) is 1. The standard InChI is InChI=1S/C16H20N2O/c1-12(9-10-17)7-8-16(19)14-4-2-6-15-13(14)5-3-11-18-15/h2-6,11-12H,7-10,17H2,1H3. The summed E-state index contributed by atoms with van der Waals surface area (Å²) in [5.74, 6) is 0.699. The van der Waals surface area contributed by atoms with Crippen molar-refractivity contribution in [2.75, 3.05) is 6.54 Å². The van der Waals surface area contributed by atoms with Gasteiger partial charge in [0, 0.05) is 23.6 Å². The van der Waals surface area contributed by atoms with Gasteiger partial charge in [0.25, 0.3) is 0 Å². The van der Waals surface area contributed by atoms with Crippen LogP contribution in [0.5, 0.6) is 0 Å². The van der Waals surface area contributed by atoms with E-state index in [-0.39, 0.29) is 5.78 Å². The van der Waals surface area contributed by atoms with E-state index in [2.05, 4.69) is 11.9 Å². The minimum Gasteiger partial charge on any atom is -0.330 e. The van der Waals surface area contributed by atoms with Crippen LogP contribution in [0.4, 0.5) is 0 Å². The first kappa shape index (κ1) is 13.7. The molecule has 0 fully saturated rings. The van der Waals surface area contributed by atoms with Gasteiger partial charge in [-0.15, -0.1) is 0 Å². The lowest BCUT2D eigenvalue weighted by Gasteiger charge is -2.10. The third kappa shape index (κ3) is 3.38. The van der Waals surface area contributed by atoms with Crippen LogP contribution in [0.1, 0.15) is 36.5 Å². The molecule has 3 heteroatoms. The Kier molecular flexibility index (Phi) is 4.63. The summed E-state index contributed by atoms with van der Waals surface area (Å²) in [5.41, 5.74) is 7.19. The topological polar surface area (TPSA) is 56.0 Å². The van der Waals surface area contributed by atoms with Crippen LogP contribution in [-0.4, -0.2) is 17.3 Å². The molecule has 0 saturated heterocycles. The molecular weight excluding hydrogens is 236 g/mol. The molecule has 19 heavy (non-hydrogen) atoms. The number of pyridine rings is 1. The van der Waals surface area contributed by atoms with Crippen molar-refractivity contribution in [3.8, 4) is 0 Å². The first-order valence-corrected chi connectivity index (χ1v) is 6.79. The van der Waals surface area contributed by atoms with Gasteiger partial charge in [0.05, 0.1) is 5.52 Å². The van der Waals surface area contributed by atoms with Crippen molar-refractivity contribution < 1.29 is 4.79 Å². The van der Waals surface area contributed by atoms with Gasteiger partial charge in [-0.1, -0.05) is 25.1 Å². The minimum atomic E-state index is 0.197. The lowest BCUT2D eigenvalue weighted by Crippen LogP contribution is -2.08. The van der Waals surface area contributed by atoms with Crippen molar-refractivity contribution in [2.45, 2.75) is 26.2 Å². The lowest BCUT2D eigenvalue weighted by atomic mass is 9.96. The number of Topliss-reactive ketones (excluding diaryl/α,β-unsaturated/α-hetero) is 1. The Morgan fingerprint density at radius 1 is 1.26 bits per heavy atom. The Bertz CT molecular complexity index is 560. The fourth-order valence-electron chi connectivity index (χ4n) is 2.29. The number of aromatic nitrogens is 1. The summed E-state index contributed by atoms with van der Waals surface area (Å²) in [6.45, 7) is 2.83. The van der Waals surface area contributed by atoms with E-state index in [0.717, 1.165) is 29.3 Å². The predicted octanol–water partition coefficient (Wildman–Crippen LogP) is 3.18. The van der Waals surface area contributed by atoms with Crippen LogP contribution in [0.25, 0.3) is 10.9 Å². The van der Waals surface area contributed by atoms with Crippen molar-refractivity contribution in [2.24, 2.45) is 11.7 Å². The van der Waals surface area contributed by atoms with Gasteiger partial charge in [-0.2, -0.15) is 0 Å². The van der Waals surface area contributed by atoms with E-state index >= 15 is 0 Å². The molecule has 100 valence electrons. The van der Waals surface area contributed by atoms with Crippen LogP contribution in [0.2, 0.25) is 0 Å². The Labute approximate surface area is 113 Å². The van der Waals surface area contributed by atoms with Crippen molar-refractivity contribution in [1.29, 1.82) is 0 Å². The summed E-state index contributed by atoms with van der Waals surface area (Å²) in [7, 11) is 0. The van der Waals surface area contributed by atoms with Crippen molar-refractivity contribution in [3.63, 3.8) is 0 Å². The van der Waals surface area contributed by atoms with Crippen molar-refractivity contribution in [3.05, 3.63) is 42.1 Å². The molecule has 1 aromatic carbocycles. The molecule has 2 rings (SSSR count). The van der Waals surface area contributed by atoms with Gasteiger partial charge >= 0.3 is 0 Å². The van der Waals surface area contributed by atoms with Crippen LogP contribution in [0.3, 0.4) is 0 Å². The fourth-order valence-corrected chi connectivity index (χ4v) is 2.29. The minimum absolute atomic E-state index is 0.197. The first-order chi connectivity index (χ1) is 9.22. The number of nitrogens with zero attached hydrogens (tertiary/aromatic N) is 1. The summed E-state index contributed by atoms with van der Waals surface area (Å²) in [6.07, 6.45) is 4.20. The van der Waals surface area contributed by atoms with E-state index in [9.17, 15) is 4.79 Å². The zero-order valence-corrected chi connectivity index (χ0v) is 11.3. The largest absolute Gasteiger partial charge is 0.330 e. The molecule has 2 N–H and O–H groups in total. The highest BCUT2D eigenvalue weighted by molar-refractivity contribution is 6.07. The second-order valence-electron chi connectivity index (χ2n) is 5.02. The summed E-state index contributed by atoms with van der Waals surface area (Å²) >= 11 is 0. The molecule has 1 unspecified atom stereocenters. The van der Waals surface area contributed by atoms with E-state index < -0.39 is 0 Å². The zero-order chi connectivity index (χ0) is 13.7. The predicted molar refractivity (Wildman–Crippen MR) is 78.1 cm³/mol. The molecule has 0 radical (unpaired) electrons. The summed E-state index contributed by atoms with van der Waals surface area (Å²) in [4.78, 5) is 16.6. The molecule has 2 aromatic rings. The molecule has 1 atom stereocenters. The first-order valence-electron chi connectivity index (χ1n) is 6.79. The molecular formula is C16H20N2O. The van der Waals surface area contributed by atoms with E-state index in [0.29, 0.717) is 18.9 Å². The van der Waals surface area contributed by atoms with Gasteiger partial charge in [0.1, 0.15) is 0 Å². The number of nitrogens with two attached hydrogens (primary N) is 1. The zero-order valence-electron chi connectivity index (χ0n) is 11.3. The highest BCUT2D eigenvalue weighted by atomic mass is 16.1. The van der Waals surface area contributed by atoms with Gasteiger partial charge in [0.2, 0.25) is 0 Å². The smallest absolute Gasteiger partial charge is 0.163 e. The van der Waals surface area contributed by atoms with E-state index in [4.69, 9.17) is 5.73 Å². The number of carbonyl (C=O) groups excluding carboxylic acids is 1. The number of carbonyl (C=O) groups is 1. The molecule has 0 bridgehead atoms. The normalized spacial score (nSPS) is 12.5. The van der Waals surface area contributed by atoms with E-state index in [1.165, 1.54) is 0 Å². The average molecular weight is 256 g/mol. The number of hydrogen-bond acceptors (Lipinski definition) is 3. The van der Waals surface area contributed by atoms with Gasteiger partial charge in [-0.25, -0.2) is 0 Å². The third-order valence-electron chi connectivity index (χ3n) is 3.47. The van der Waals surface area contributed by atoms with Crippen LogP contribution >= 0.6 is 0 Å². The Morgan fingerprint density at radius 3 is 2.89 bits per heavy atom. The molecule has 0 aliphatic rings. The molecule has 1 aromatic heterocycles. The van der Waals surface area contributed by atoms with Crippen LogP contribution < -0.4 is 5.73 Å². The highest BCUT2D eigenvalue weighted by Gasteiger charge is 2.11. The molecule has 0 aliphatic carbocycles. The summed E-state index contributed by atoms with van der Waals surface area (Å²) in [6, 6.07) is 9.55. The maximum absolute atomic E-state index is 12.3. The molecule has 0 spiro atoms. The van der Waals surface area contributed by atoms with Crippen LogP contribution in [0.15, 0.2) is 36.5 Å². The van der Waals surface area contributed by atoms with E-state index in [1.807, 2.05) is 30.3 Å². The monoisotopic (exact) mass is 256 g/mol. The molecule has 0 saturated carbocycles. The van der Waals surface area contributed by atoms with Gasteiger partial charge in [0.15, 0.2) is 5.78 Å². The molecule has 0 aliphatic heterocycles. The highest BCUT2D eigenvalue weighted by Crippen LogP contribution is 2.20. The quantitative estimate of drug-likeness (QED) is 0.807. The van der Waals surface area contributed by atoms with Crippen molar-refractivity contribution >= 4 is 16.7 Å². The maximum atomic E-state index is 12.3. The van der Waals surface area contributed by atoms with E-state index in [1.54, 1.807) is 6.20 Å². The lowest BCUT2D eigenvalue weighted by molar-refractivity contribution is 0.0975. The number of ketones is 1. The third-order valence-corrected chi connectivity index (χ3v) is 3.47. The Hall–Kier alpha value is -1.74. The Balaban J connectivity index is 2.13. The number of benzene rings is 1. The molecule has 3 nitrogen and oxygen atoms in total. The average Bonchev–Trinajstić information content (AvgIpc) is 2.44. The number of rotatable bonds is 6. The Morgan fingerprint density at radius 2 is 2.11 bits per heavy atom. The number of fused-ring (bicyclic) bond motifs is 1. The van der Waals surface area contributed by atoms with Gasteiger partial charge < -0.3 is 5.73 Å². The van der Waals surface area contributed by atoms with Crippen molar-refractivity contribution in [1.82, 2.24) is 4.98 Å². The van der Waals surface area contributed by atoms with Gasteiger partial charge in [-0.3, -0.25) is 9.78 Å². The maximum Gasteiger partial charge on any atom is 0.163 e. The SMILES string of the molecule is CC(CCN)CCC(=O)c1cccc2ncccc12. The summed E-state index contributed by atoms with van der Waals surface area (Å²) < 4.78 is 0. The van der Waals surface area contributed by atoms with Gasteiger partial charge in [-0.05, 0) is 37.4 Å². The summed E-state index contributed by atoms with van der Waals surface area (Å²) in [5, 5.41) is 0.946. The van der Waals surface area contributed by atoms with Crippen LogP contribution in [0, 0.1) is 5.92 Å². The molecule has 0 amide bonds. The second-order valence-corrected chi connectivity index (χ2v) is 5.02.